The summed E-state index contributed by atoms with van der Waals surface area (Å²) < 4.78 is 11.0. The molecule has 0 aliphatic carbocycles. The number of anilines is 2. The molecule has 1 aromatic heterocycles. The van der Waals surface area contributed by atoms with E-state index in [1.807, 2.05) is 32.0 Å². The predicted molar refractivity (Wildman–Crippen MR) is 98.4 cm³/mol. The largest absolute Gasteiger partial charge is 0.484 e. The highest BCUT2D eigenvalue weighted by Gasteiger charge is 2.11. The molecule has 3 rings (SSSR count). The Morgan fingerprint density at radius 3 is 2.50 bits per heavy atom. The molecule has 0 unspecified atom stereocenters. The molecule has 7 heteroatoms. The highest BCUT2D eigenvalue weighted by atomic mass is 16.5. The number of nitrogens with one attached hydrogen (secondary N) is 2. The molecule has 0 radical (unpaired) electrons. The van der Waals surface area contributed by atoms with Crippen molar-refractivity contribution in [2.24, 2.45) is 0 Å². The fourth-order valence-electron chi connectivity index (χ4n) is 2.58. The number of benzene rings is 2. The summed E-state index contributed by atoms with van der Waals surface area (Å²) in [5, 5.41) is 5.22. The number of hydrogen-bond donors (Lipinski definition) is 2. The molecule has 0 aliphatic heterocycles. The summed E-state index contributed by atoms with van der Waals surface area (Å²) in [7, 11) is 0. The van der Waals surface area contributed by atoms with Crippen molar-refractivity contribution in [2.75, 3.05) is 17.2 Å². The molecule has 2 aromatic carbocycles. The van der Waals surface area contributed by atoms with E-state index in [9.17, 15) is 9.59 Å². The number of ether oxygens (including phenoxy) is 1. The van der Waals surface area contributed by atoms with Gasteiger partial charge in [0.1, 0.15) is 11.3 Å². The van der Waals surface area contributed by atoms with Crippen molar-refractivity contribution in [2.45, 2.75) is 20.8 Å². The fraction of sp³-hybridized carbons (Fsp3) is 0.211. The van der Waals surface area contributed by atoms with E-state index in [2.05, 4.69) is 15.6 Å². The number of oxazole rings is 1. The number of amides is 2. The highest BCUT2D eigenvalue weighted by molar-refractivity contribution is 5.93. The molecular weight excluding hydrogens is 334 g/mol. The van der Waals surface area contributed by atoms with E-state index in [1.54, 1.807) is 18.2 Å². The zero-order valence-electron chi connectivity index (χ0n) is 14.8. The van der Waals surface area contributed by atoms with Crippen LogP contribution in [-0.2, 0) is 9.59 Å². The van der Waals surface area contributed by atoms with Gasteiger partial charge in [-0.1, -0.05) is 6.07 Å². The molecular formula is C19H19N3O4. The van der Waals surface area contributed by atoms with Gasteiger partial charge in [0.25, 0.3) is 5.91 Å². The average molecular weight is 353 g/mol. The zero-order chi connectivity index (χ0) is 18.7. The molecule has 0 fully saturated rings. The number of nitrogens with zero attached hydrogens (tertiary/aromatic N) is 1. The Bertz CT molecular complexity index is 958. The van der Waals surface area contributed by atoms with Gasteiger partial charge in [-0.25, -0.2) is 0 Å². The van der Waals surface area contributed by atoms with Crippen molar-refractivity contribution in [3.8, 4) is 5.75 Å². The summed E-state index contributed by atoms with van der Waals surface area (Å²) in [5.41, 5.74) is 3.76. The number of carbonyl (C=O) groups excluding carboxylic acids is 2. The molecule has 2 amide bonds. The van der Waals surface area contributed by atoms with Gasteiger partial charge in [-0.3, -0.25) is 14.9 Å². The number of aromatic nitrogens is 1. The first-order valence-electron chi connectivity index (χ1n) is 8.08. The van der Waals surface area contributed by atoms with Crippen LogP contribution in [0.4, 0.5) is 11.7 Å². The summed E-state index contributed by atoms with van der Waals surface area (Å²) in [6.07, 6.45) is 0. The number of fused-ring (bicyclic) bond motifs is 1. The van der Waals surface area contributed by atoms with E-state index < -0.39 is 0 Å². The van der Waals surface area contributed by atoms with Gasteiger partial charge in [-0.05, 0) is 49.2 Å². The average Bonchev–Trinajstić information content (AvgIpc) is 2.93. The molecule has 0 spiro atoms. The molecule has 134 valence electrons. The molecule has 0 saturated heterocycles. The van der Waals surface area contributed by atoms with Gasteiger partial charge in [0, 0.05) is 18.7 Å². The van der Waals surface area contributed by atoms with Crippen molar-refractivity contribution in [3.05, 3.63) is 47.5 Å². The summed E-state index contributed by atoms with van der Waals surface area (Å²) in [6.45, 7) is 5.20. The molecule has 0 atom stereocenters. The summed E-state index contributed by atoms with van der Waals surface area (Å²) in [5.74, 6) is 0.0777. The third-order valence-corrected chi connectivity index (χ3v) is 3.52. The van der Waals surface area contributed by atoms with Crippen molar-refractivity contribution >= 4 is 34.6 Å². The third kappa shape index (κ3) is 4.38. The van der Waals surface area contributed by atoms with Crippen LogP contribution in [0.25, 0.3) is 11.1 Å². The maximum absolute atomic E-state index is 12.1. The van der Waals surface area contributed by atoms with Gasteiger partial charge < -0.3 is 14.5 Å². The summed E-state index contributed by atoms with van der Waals surface area (Å²) >= 11 is 0. The van der Waals surface area contributed by atoms with Crippen LogP contribution in [0.1, 0.15) is 18.1 Å². The van der Waals surface area contributed by atoms with Crippen LogP contribution in [-0.4, -0.2) is 23.4 Å². The molecule has 26 heavy (non-hydrogen) atoms. The Hall–Kier alpha value is -3.35. The van der Waals surface area contributed by atoms with Gasteiger partial charge in [0.05, 0.1) is 0 Å². The van der Waals surface area contributed by atoms with Crippen LogP contribution in [0.2, 0.25) is 0 Å². The number of carbonyl (C=O) groups is 2. The van der Waals surface area contributed by atoms with Crippen molar-refractivity contribution < 1.29 is 18.7 Å². The maximum Gasteiger partial charge on any atom is 0.302 e. The first kappa shape index (κ1) is 17.5. The molecule has 0 bridgehead atoms. The van der Waals surface area contributed by atoms with Gasteiger partial charge in [0.2, 0.25) is 5.91 Å². The highest BCUT2D eigenvalue weighted by Crippen LogP contribution is 2.22. The molecule has 2 N–H and O–H groups in total. The second-order valence-electron chi connectivity index (χ2n) is 6.04. The lowest BCUT2D eigenvalue weighted by Gasteiger charge is -2.07. The fourth-order valence-corrected chi connectivity index (χ4v) is 2.58. The Morgan fingerprint density at radius 2 is 1.81 bits per heavy atom. The minimum Gasteiger partial charge on any atom is -0.484 e. The van der Waals surface area contributed by atoms with Gasteiger partial charge in [-0.2, -0.15) is 4.98 Å². The quantitative estimate of drug-likeness (QED) is 0.733. The zero-order valence-corrected chi connectivity index (χ0v) is 14.8. The van der Waals surface area contributed by atoms with Gasteiger partial charge in [-0.15, -0.1) is 0 Å². The normalized spacial score (nSPS) is 10.6. The minimum atomic E-state index is -0.377. The van der Waals surface area contributed by atoms with E-state index >= 15 is 0 Å². The number of rotatable bonds is 5. The topological polar surface area (TPSA) is 93.5 Å². The van der Waals surface area contributed by atoms with Crippen LogP contribution in [0, 0.1) is 13.8 Å². The van der Waals surface area contributed by atoms with Crippen LogP contribution in [0.5, 0.6) is 5.75 Å². The second-order valence-corrected chi connectivity index (χ2v) is 6.04. The standard InChI is InChI=1S/C19H19N3O4/c1-11-6-12(2)8-15(7-11)25-10-18(24)22-19-21-16-5-4-14(20-13(3)23)9-17(16)26-19/h4-9H,10H2,1-3H3,(H,20,23)(H,21,22,24). The van der Waals surface area contributed by atoms with Crippen LogP contribution in [0.3, 0.4) is 0 Å². The van der Waals surface area contributed by atoms with Crippen molar-refractivity contribution in [1.29, 1.82) is 0 Å². The van der Waals surface area contributed by atoms with Crippen molar-refractivity contribution in [1.82, 2.24) is 4.98 Å². The van der Waals surface area contributed by atoms with E-state index in [0.717, 1.165) is 11.1 Å². The lowest BCUT2D eigenvalue weighted by atomic mass is 10.1. The van der Waals surface area contributed by atoms with E-state index in [1.165, 1.54) is 6.92 Å². The third-order valence-electron chi connectivity index (χ3n) is 3.52. The summed E-state index contributed by atoms with van der Waals surface area (Å²) in [4.78, 5) is 27.3. The molecule has 3 aromatic rings. The summed E-state index contributed by atoms with van der Waals surface area (Å²) in [6, 6.07) is 10.9. The first-order chi connectivity index (χ1) is 12.4. The maximum atomic E-state index is 12.1. The number of hydrogen-bond acceptors (Lipinski definition) is 5. The van der Waals surface area contributed by atoms with Crippen LogP contribution < -0.4 is 15.4 Å². The Labute approximate surface area is 150 Å². The van der Waals surface area contributed by atoms with Gasteiger partial charge >= 0.3 is 6.01 Å². The second kappa shape index (κ2) is 7.26. The Morgan fingerprint density at radius 1 is 1.08 bits per heavy atom. The smallest absolute Gasteiger partial charge is 0.302 e. The molecule has 1 heterocycles. The van der Waals surface area contributed by atoms with Crippen molar-refractivity contribution in [3.63, 3.8) is 0 Å². The molecule has 7 nitrogen and oxygen atoms in total. The lowest BCUT2D eigenvalue weighted by molar-refractivity contribution is -0.118. The minimum absolute atomic E-state index is 0.0778. The number of aryl methyl sites for hydroxylation is 2. The van der Waals surface area contributed by atoms with E-state index in [-0.39, 0.29) is 24.4 Å². The van der Waals surface area contributed by atoms with E-state index in [4.69, 9.17) is 9.15 Å². The SMILES string of the molecule is CC(=O)Nc1ccc2nc(NC(=O)COc3cc(C)cc(C)c3)oc2c1. The monoisotopic (exact) mass is 353 g/mol. The Kier molecular flexibility index (Phi) is 4.88. The Balaban J connectivity index is 1.64. The van der Waals surface area contributed by atoms with Crippen LogP contribution in [0.15, 0.2) is 40.8 Å². The van der Waals surface area contributed by atoms with Crippen LogP contribution >= 0.6 is 0 Å². The van der Waals surface area contributed by atoms with E-state index in [0.29, 0.717) is 22.5 Å². The predicted octanol–water partition coefficient (Wildman–Crippen LogP) is 3.42. The first-order valence-corrected chi connectivity index (χ1v) is 8.08. The lowest BCUT2D eigenvalue weighted by Crippen LogP contribution is -2.20. The molecule has 0 aliphatic rings. The van der Waals surface area contributed by atoms with Gasteiger partial charge in [0.15, 0.2) is 12.2 Å². The molecule has 0 saturated carbocycles.